The smallest absolute Gasteiger partial charge is 0.422 e. The molecule has 0 fully saturated rings. The lowest BCUT2D eigenvalue weighted by Gasteiger charge is -2.11. The van der Waals surface area contributed by atoms with Crippen molar-refractivity contribution in [3.63, 3.8) is 0 Å². The molecular weight excluding hydrogens is 443 g/mol. The lowest BCUT2D eigenvalue weighted by Crippen LogP contribution is -2.20. The molecule has 0 bridgehead atoms. The summed E-state index contributed by atoms with van der Waals surface area (Å²) in [5, 5.41) is 6.87. The normalized spacial score (nSPS) is 11.1. The summed E-state index contributed by atoms with van der Waals surface area (Å²) in [6.07, 6.45) is -3.49. The van der Waals surface area contributed by atoms with Crippen LogP contribution in [0, 0.1) is 0 Å². The van der Waals surface area contributed by atoms with Gasteiger partial charge < -0.3 is 15.4 Å². The van der Waals surface area contributed by atoms with Gasteiger partial charge in [-0.2, -0.15) is 13.2 Å². The molecule has 11 heteroatoms. The molecule has 3 rings (SSSR count). The Morgan fingerprint density at radius 3 is 2.37 bits per heavy atom. The van der Waals surface area contributed by atoms with Crippen LogP contribution in [0.4, 0.5) is 24.5 Å². The fourth-order valence-corrected chi connectivity index (χ4v) is 3.12. The molecule has 2 aromatic heterocycles. The highest BCUT2D eigenvalue weighted by atomic mass is 35.5. The van der Waals surface area contributed by atoms with Gasteiger partial charge in [0.2, 0.25) is 5.88 Å². The molecule has 0 saturated carbocycles. The van der Waals surface area contributed by atoms with Crippen molar-refractivity contribution in [1.82, 2.24) is 4.98 Å². The number of anilines is 2. The fourth-order valence-electron chi connectivity index (χ4n) is 2.28. The monoisotopic (exact) mass is 455 g/mol. The summed E-state index contributed by atoms with van der Waals surface area (Å²) < 4.78 is 41.2. The summed E-state index contributed by atoms with van der Waals surface area (Å²) in [6.45, 7) is -1.55. The number of aromatic nitrogens is 1. The Morgan fingerprint density at radius 2 is 1.77 bits per heavy atom. The van der Waals surface area contributed by atoms with Gasteiger partial charge in [0.1, 0.15) is 5.02 Å². The first-order chi connectivity index (χ1) is 14.2. The van der Waals surface area contributed by atoms with Crippen LogP contribution < -0.4 is 15.4 Å². The summed E-state index contributed by atoms with van der Waals surface area (Å²) in [7, 11) is 0. The number of benzene rings is 1. The van der Waals surface area contributed by atoms with E-state index in [1.165, 1.54) is 11.3 Å². The molecule has 0 aliphatic rings. The minimum atomic E-state index is -4.54. The molecule has 0 atom stereocenters. The minimum absolute atomic E-state index is 0.0207. The van der Waals surface area contributed by atoms with E-state index in [9.17, 15) is 22.8 Å². The van der Waals surface area contributed by atoms with Crippen LogP contribution in [0.3, 0.4) is 0 Å². The number of hydrogen-bond acceptors (Lipinski definition) is 5. The predicted molar refractivity (Wildman–Crippen MR) is 107 cm³/mol. The van der Waals surface area contributed by atoms with E-state index >= 15 is 0 Å². The average molecular weight is 456 g/mol. The maximum absolute atomic E-state index is 12.4. The quantitative estimate of drug-likeness (QED) is 0.532. The Balaban J connectivity index is 1.66. The van der Waals surface area contributed by atoms with E-state index < -0.39 is 24.6 Å². The van der Waals surface area contributed by atoms with Gasteiger partial charge in [0.25, 0.3) is 11.8 Å². The third kappa shape index (κ3) is 5.94. The molecule has 1 aromatic carbocycles. The number of rotatable bonds is 6. The molecule has 0 radical (unpaired) electrons. The van der Waals surface area contributed by atoms with Crippen LogP contribution in [0.25, 0.3) is 0 Å². The Labute approximate surface area is 177 Å². The second kappa shape index (κ2) is 9.14. The van der Waals surface area contributed by atoms with Crippen LogP contribution in [0.15, 0.2) is 54.0 Å². The van der Waals surface area contributed by atoms with Crippen molar-refractivity contribution in [3.05, 3.63) is 69.5 Å². The molecule has 30 heavy (non-hydrogen) atoms. The summed E-state index contributed by atoms with van der Waals surface area (Å²) >= 11 is 7.15. The van der Waals surface area contributed by atoms with Crippen LogP contribution in [-0.2, 0) is 0 Å². The van der Waals surface area contributed by atoms with Crippen LogP contribution in [0.2, 0.25) is 5.02 Å². The van der Waals surface area contributed by atoms with Gasteiger partial charge in [0.15, 0.2) is 6.61 Å². The number of ether oxygens (including phenoxy) is 1. The van der Waals surface area contributed by atoms with Crippen molar-refractivity contribution in [3.8, 4) is 5.88 Å². The first kappa shape index (κ1) is 21.6. The number of nitrogens with one attached hydrogen (secondary N) is 2. The molecule has 3 aromatic rings. The van der Waals surface area contributed by atoms with E-state index in [4.69, 9.17) is 11.6 Å². The van der Waals surface area contributed by atoms with Gasteiger partial charge in [-0.3, -0.25) is 9.59 Å². The Morgan fingerprint density at radius 1 is 1.07 bits per heavy atom. The molecule has 6 nitrogen and oxygen atoms in total. The number of amides is 2. The Hall–Kier alpha value is -3.11. The zero-order chi connectivity index (χ0) is 21.7. The second-order valence-electron chi connectivity index (χ2n) is 5.88. The van der Waals surface area contributed by atoms with E-state index in [1.54, 1.807) is 41.8 Å². The van der Waals surface area contributed by atoms with Crippen molar-refractivity contribution >= 4 is 46.1 Å². The molecule has 2 amide bonds. The summed E-state index contributed by atoms with van der Waals surface area (Å²) in [6, 6.07) is 11.1. The first-order valence-corrected chi connectivity index (χ1v) is 9.58. The number of thiophene rings is 1. The van der Waals surface area contributed by atoms with Crippen LogP contribution >= 0.6 is 22.9 Å². The zero-order valence-electron chi connectivity index (χ0n) is 15.0. The number of nitrogens with zero attached hydrogens (tertiary/aromatic N) is 1. The van der Waals surface area contributed by atoms with Crippen molar-refractivity contribution in [1.29, 1.82) is 0 Å². The molecule has 2 N–H and O–H groups in total. The van der Waals surface area contributed by atoms with Crippen molar-refractivity contribution in [2.45, 2.75) is 6.18 Å². The number of alkyl halides is 3. The standard InChI is InChI=1S/C19H13ClF3N3O3S/c20-14-7-11(9-24-18(14)29-10-19(21,22)23)16(27)25-12-3-1-4-13(8-12)26-17(28)15-5-2-6-30-15/h1-9H,10H2,(H,25,27)(H,26,28). The Kier molecular flexibility index (Phi) is 6.58. The zero-order valence-corrected chi connectivity index (χ0v) is 16.6. The molecule has 2 heterocycles. The highest BCUT2D eigenvalue weighted by Crippen LogP contribution is 2.25. The molecule has 0 spiro atoms. The topological polar surface area (TPSA) is 80.3 Å². The lowest BCUT2D eigenvalue weighted by molar-refractivity contribution is -0.154. The minimum Gasteiger partial charge on any atom is -0.467 e. The molecule has 0 saturated heterocycles. The molecular formula is C19H13ClF3N3O3S. The SMILES string of the molecule is O=C(Nc1cccc(NC(=O)c2cccs2)c1)c1cnc(OCC(F)(F)F)c(Cl)c1. The van der Waals surface area contributed by atoms with E-state index in [1.807, 2.05) is 0 Å². The van der Waals surface area contributed by atoms with Gasteiger partial charge in [-0.1, -0.05) is 23.7 Å². The van der Waals surface area contributed by atoms with E-state index in [2.05, 4.69) is 20.4 Å². The van der Waals surface area contributed by atoms with E-state index in [-0.39, 0.29) is 16.5 Å². The highest BCUT2D eigenvalue weighted by molar-refractivity contribution is 7.12. The highest BCUT2D eigenvalue weighted by Gasteiger charge is 2.29. The van der Waals surface area contributed by atoms with Gasteiger partial charge in [0, 0.05) is 17.6 Å². The predicted octanol–water partition coefficient (Wildman–Crippen LogP) is 5.24. The van der Waals surface area contributed by atoms with Gasteiger partial charge in [-0.05, 0) is 35.7 Å². The number of pyridine rings is 1. The summed E-state index contributed by atoms with van der Waals surface area (Å²) in [4.78, 5) is 28.7. The lowest BCUT2D eigenvalue weighted by atomic mass is 10.2. The van der Waals surface area contributed by atoms with Gasteiger partial charge in [-0.15, -0.1) is 11.3 Å². The summed E-state index contributed by atoms with van der Waals surface area (Å²) in [5.41, 5.74) is 0.878. The number of hydrogen-bond donors (Lipinski definition) is 2. The third-order valence-corrected chi connectivity index (χ3v) is 4.70. The van der Waals surface area contributed by atoms with Crippen LogP contribution in [0.5, 0.6) is 5.88 Å². The largest absolute Gasteiger partial charge is 0.467 e. The molecule has 0 unspecified atom stereocenters. The summed E-state index contributed by atoms with van der Waals surface area (Å²) in [5.74, 6) is -1.30. The fraction of sp³-hybridized carbons (Fsp3) is 0.105. The van der Waals surface area contributed by atoms with Crippen molar-refractivity contribution in [2.75, 3.05) is 17.2 Å². The number of carbonyl (C=O) groups is 2. The van der Waals surface area contributed by atoms with Gasteiger partial charge in [0.05, 0.1) is 10.4 Å². The van der Waals surface area contributed by atoms with E-state index in [0.29, 0.717) is 16.3 Å². The van der Waals surface area contributed by atoms with Crippen molar-refractivity contribution < 1.29 is 27.5 Å². The molecule has 0 aliphatic heterocycles. The van der Waals surface area contributed by atoms with Gasteiger partial charge in [-0.25, -0.2) is 4.98 Å². The first-order valence-electron chi connectivity index (χ1n) is 8.32. The van der Waals surface area contributed by atoms with Gasteiger partial charge >= 0.3 is 6.18 Å². The van der Waals surface area contributed by atoms with Crippen LogP contribution in [0.1, 0.15) is 20.0 Å². The molecule has 0 aliphatic carbocycles. The third-order valence-electron chi connectivity index (χ3n) is 3.57. The Bertz CT molecular complexity index is 1060. The second-order valence-corrected chi connectivity index (χ2v) is 7.24. The number of carbonyl (C=O) groups excluding carboxylic acids is 2. The van der Waals surface area contributed by atoms with Crippen molar-refractivity contribution in [2.24, 2.45) is 0 Å². The van der Waals surface area contributed by atoms with Crippen LogP contribution in [-0.4, -0.2) is 29.6 Å². The maximum atomic E-state index is 12.4. The molecule has 156 valence electrons. The maximum Gasteiger partial charge on any atom is 0.422 e. The number of halogens is 4. The van der Waals surface area contributed by atoms with E-state index in [0.717, 1.165) is 12.3 Å². The average Bonchev–Trinajstić information content (AvgIpc) is 3.21.